The molecule has 0 aliphatic heterocycles. The molecule has 0 saturated carbocycles. The third-order valence-electron chi connectivity index (χ3n) is 1.68. The van der Waals surface area contributed by atoms with Crippen molar-refractivity contribution in [3.05, 3.63) is 0 Å². The number of hydrogen-bond donors (Lipinski definition) is 0. The van der Waals surface area contributed by atoms with Crippen molar-refractivity contribution in [3.8, 4) is 0 Å². The second-order valence-corrected chi connectivity index (χ2v) is 4.79. The first-order chi connectivity index (χ1) is 6.27. The van der Waals surface area contributed by atoms with Gasteiger partial charge in [0.1, 0.15) is 0 Å². The molecule has 0 unspecified atom stereocenters. The first-order valence-electron chi connectivity index (χ1n) is 4.57. The second kappa shape index (κ2) is 10.9. The van der Waals surface area contributed by atoms with Crippen molar-refractivity contribution in [1.82, 2.24) is 0 Å². The third kappa shape index (κ3) is 16.1. The Morgan fingerprint density at radius 2 is 1.69 bits per heavy atom. The smallest absolute Gasteiger partial charge is 0.790 e. The van der Waals surface area contributed by atoms with Crippen LogP contribution in [0.1, 0.15) is 33.6 Å². The predicted molar refractivity (Wildman–Crippen MR) is 48.5 cm³/mol. The summed E-state index contributed by atoms with van der Waals surface area (Å²) in [5, 5.41) is 0. The van der Waals surface area contributed by atoms with Gasteiger partial charge in [0.2, 0.25) is 0 Å². The molecule has 0 aliphatic carbocycles. The molecule has 0 bridgehead atoms. The van der Waals surface area contributed by atoms with E-state index in [2.05, 4.69) is 4.52 Å². The van der Waals surface area contributed by atoms with Crippen LogP contribution in [0.25, 0.3) is 0 Å². The summed E-state index contributed by atoms with van der Waals surface area (Å²) >= 11 is 0. The van der Waals surface area contributed by atoms with Gasteiger partial charge in [0.15, 0.2) is 0 Å². The molecule has 8 heteroatoms. The molecule has 0 radical (unpaired) electrons. The molecule has 0 amide bonds. The minimum atomic E-state index is -4.84. The fourth-order valence-electron chi connectivity index (χ4n) is 1.14. The van der Waals surface area contributed by atoms with Gasteiger partial charge in [-0.05, 0) is 20.3 Å². The molecule has 16 heavy (non-hydrogen) atoms. The van der Waals surface area contributed by atoms with Crippen LogP contribution in [0.2, 0.25) is 0 Å². The van der Waals surface area contributed by atoms with E-state index in [1.807, 2.05) is 20.8 Å². The van der Waals surface area contributed by atoms with Crippen molar-refractivity contribution in [2.45, 2.75) is 39.2 Å². The van der Waals surface area contributed by atoms with Crippen molar-refractivity contribution in [2.75, 3.05) is 13.2 Å². The molecule has 0 aliphatic rings. The van der Waals surface area contributed by atoms with Crippen molar-refractivity contribution in [2.24, 2.45) is 0 Å². The Hall–Kier alpha value is 2.07. The van der Waals surface area contributed by atoms with Crippen LogP contribution < -0.4 is 68.9 Å². The minimum Gasteiger partial charge on any atom is -0.790 e. The molecular formula is C8H17Na2O5P. The average molecular weight is 270 g/mol. The molecule has 0 aromatic rings. The maximum atomic E-state index is 10.1. The maximum absolute atomic E-state index is 10.1. The van der Waals surface area contributed by atoms with Crippen LogP contribution in [0.5, 0.6) is 0 Å². The van der Waals surface area contributed by atoms with Crippen molar-refractivity contribution >= 4 is 7.82 Å². The summed E-state index contributed by atoms with van der Waals surface area (Å²) in [7, 11) is -4.84. The molecule has 0 spiro atoms. The van der Waals surface area contributed by atoms with Crippen LogP contribution >= 0.6 is 7.82 Å². The standard InChI is InChI=1S/C8H19O5P.2Na/c1-4-5-8(2,3)12-6-7-13-14(9,10)11;;/h4-7H2,1-3H3,(H2,9,10,11);;/q;2*+1/p-2. The number of ether oxygens (including phenoxy) is 1. The number of rotatable bonds is 7. The fraction of sp³-hybridized carbons (Fsp3) is 1.00. The molecule has 0 aromatic carbocycles. The van der Waals surface area contributed by atoms with Crippen molar-refractivity contribution in [3.63, 3.8) is 0 Å². The molecule has 0 atom stereocenters. The van der Waals surface area contributed by atoms with Gasteiger partial charge in [0.25, 0.3) is 0 Å². The Balaban J connectivity index is -0.000000845. The van der Waals surface area contributed by atoms with Gasteiger partial charge in [0.05, 0.1) is 26.6 Å². The molecular weight excluding hydrogens is 253 g/mol. The number of phosphoric ester groups is 1. The molecule has 0 rings (SSSR count). The van der Waals surface area contributed by atoms with E-state index in [9.17, 15) is 14.4 Å². The Morgan fingerprint density at radius 1 is 1.19 bits per heavy atom. The van der Waals surface area contributed by atoms with Crippen molar-refractivity contribution < 1.29 is 82.7 Å². The summed E-state index contributed by atoms with van der Waals surface area (Å²) in [6.45, 7) is 5.75. The maximum Gasteiger partial charge on any atom is 1.00 e. The monoisotopic (exact) mass is 270 g/mol. The van der Waals surface area contributed by atoms with Crippen LogP contribution in [0.4, 0.5) is 0 Å². The second-order valence-electron chi connectivity index (χ2n) is 3.64. The minimum absolute atomic E-state index is 0. The van der Waals surface area contributed by atoms with Gasteiger partial charge in [-0.3, -0.25) is 0 Å². The summed E-state index contributed by atoms with van der Waals surface area (Å²) in [6.07, 6.45) is 1.86. The van der Waals surface area contributed by atoms with E-state index in [4.69, 9.17) is 4.74 Å². The zero-order chi connectivity index (χ0) is 11.2. The molecule has 0 heterocycles. The Morgan fingerprint density at radius 3 is 2.06 bits per heavy atom. The quantitative estimate of drug-likeness (QED) is 0.262. The summed E-state index contributed by atoms with van der Waals surface area (Å²) in [4.78, 5) is 20.2. The molecule has 0 N–H and O–H groups in total. The van der Waals surface area contributed by atoms with E-state index < -0.39 is 7.82 Å². The van der Waals surface area contributed by atoms with E-state index >= 15 is 0 Å². The Labute approximate surface area is 141 Å². The molecule has 0 fully saturated rings. The third-order valence-corrected chi connectivity index (χ3v) is 2.18. The largest absolute Gasteiger partial charge is 1.00 e. The van der Waals surface area contributed by atoms with Crippen LogP contribution in [-0.2, 0) is 13.8 Å². The topological polar surface area (TPSA) is 81.7 Å². The van der Waals surface area contributed by atoms with E-state index in [1.165, 1.54) is 0 Å². The Bertz CT molecular complexity index is 207. The summed E-state index contributed by atoms with van der Waals surface area (Å²) in [5.41, 5.74) is -0.298. The molecule has 0 aromatic heterocycles. The number of hydrogen-bond acceptors (Lipinski definition) is 5. The fourth-order valence-corrected chi connectivity index (χ4v) is 1.44. The molecule has 86 valence electrons. The first kappa shape index (κ1) is 23.2. The van der Waals surface area contributed by atoms with E-state index in [1.54, 1.807) is 0 Å². The molecule has 0 saturated heterocycles. The van der Waals surface area contributed by atoms with Gasteiger partial charge in [0, 0.05) is 0 Å². The van der Waals surface area contributed by atoms with E-state index in [-0.39, 0.29) is 77.9 Å². The van der Waals surface area contributed by atoms with Gasteiger partial charge in [-0.1, -0.05) is 13.3 Å². The summed E-state index contributed by atoms with van der Waals surface area (Å²) < 4.78 is 19.4. The van der Waals surface area contributed by atoms with Gasteiger partial charge in [-0.15, -0.1) is 0 Å². The summed E-state index contributed by atoms with van der Waals surface area (Å²) in [5.74, 6) is 0. The normalized spacial score (nSPS) is 11.6. The zero-order valence-corrected chi connectivity index (χ0v) is 15.7. The van der Waals surface area contributed by atoms with Gasteiger partial charge < -0.3 is 23.6 Å². The van der Waals surface area contributed by atoms with Crippen molar-refractivity contribution in [1.29, 1.82) is 0 Å². The molecule has 5 nitrogen and oxygen atoms in total. The first-order valence-corrected chi connectivity index (χ1v) is 6.03. The van der Waals surface area contributed by atoms with Crippen LogP contribution in [-0.4, -0.2) is 18.8 Å². The van der Waals surface area contributed by atoms with Gasteiger partial charge >= 0.3 is 59.1 Å². The van der Waals surface area contributed by atoms with E-state index in [0.29, 0.717) is 0 Å². The van der Waals surface area contributed by atoms with Crippen LogP contribution in [0, 0.1) is 0 Å². The number of phosphoric acid groups is 1. The van der Waals surface area contributed by atoms with Crippen LogP contribution in [0.15, 0.2) is 0 Å². The predicted octanol–water partition coefficient (Wildman–Crippen LogP) is -5.56. The summed E-state index contributed by atoms with van der Waals surface area (Å²) in [6, 6.07) is 0. The zero-order valence-electron chi connectivity index (χ0n) is 10.8. The van der Waals surface area contributed by atoms with Crippen LogP contribution in [0.3, 0.4) is 0 Å². The SMILES string of the molecule is CCCC(C)(C)OCCOP(=O)([O-])[O-].[Na+].[Na+]. The Kier molecular flexibility index (Phi) is 15.9. The van der Waals surface area contributed by atoms with Gasteiger partial charge in [-0.2, -0.15) is 0 Å². The van der Waals surface area contributed by atoms with E-state index in [0.717, 1.165) is 12.8 Å². The van der Waals surface area contributed by atoms with Gasteiger partial charge in [-0.25, -0.2) is 0 Å². The average Bonchev–Trinajstić information content (AvgIpc) is 1.96.